The minimum atomic E-state index is -5.07. The number of benzene rings is 1. The predicted molar refractivity (Wildman–Crippen MR) is 96.9 cm³/mol. The lowest BCUT2D eigenvalue weighted by Crippen LogP contribution is -2.21. The molecule has 0 radical (unpaired) electrons. The molecule has 0 unspecified atom stereocenters. The van der Waals surface area contributed by atoms with Crippen molar-refractivity contribution < 1.29 is 31.5 Å². The molecule has 1 fully saturated rings. The molecule has 2 nitrogen and oxygen atoms in total. The summed E-state index contributed by atoms with van der Waals surface area (Å²) in [7, 11) is 0. The maximum Gasteiger partial charge on any atom is 0.417 e. The normalized spacial score (nSPS) is 20.4. The van der Waals surface area contributed by atoms with Crippen LogP contribution in [0.25, 0.3) is 0 Å². The summed E-state index contributed by atoms with van der Waals surface area (Å²) in [4.78, 5) is 12.6. The highest BCUT2D eigenvalue weighted by Crippen LogP contribution is 2.44. The van der Waals surface area contributed by atoms with Crippen molar-refractivity contribution in [3.8, 4) is 5.75 Å². The SMILES string of the molecule is CCCC1CCC(CC(=O)c2ccc(OCC)c(C(F)F)c2C(F)(F)F)CC1. The van der Waals surface area contributed by atoms with Gasteiger partial charge in [-0.2, -0.15) is 13.2 Å². The van der Waals surface area contributed by atoms with Gasteiger partial charge in [0.05, 0.1) is 17.7 Å². The van der Waals surface area contributed by atoms with Crippen LogP contribution in [0.1, 0.15) is 86.7 Å². The number of ketones is 1. The van der Waals surface area contributed by atoms with Crippen LogP contribution in [-0.4, -0.2) is 12.4 Å². The molecule has 1 aromatic carbocycles. The molecule has 28 heavy (non-hydrogen) atoms. The maximum atomic E-state index is 13.6. The monoisotopic (exact) mass is 406 g/mol. The van der Waals surface area contributed by atoms with Gasteiger partial charge in [0.2, 0.25) is 0 Å². The van der Waals surface area contributed by atoms with E-state index in [1.54, 1.807) is 0 Å². The minimum Gasteiger partial charge on any atom is -0.493 e. The van der Waals surface area contributed by atoms with E-state index < -0.39 is 40.8 Å². The molecule has 1 saturated carbocycles. The van der Waals surface area contributed by atoms with Crippen molar-refractivity contribution in [2.75, 3.05) is 6.61 Å². The number of carbonyl (C=O) groups is 1. The number of alkyl halides is 5. The Hall–Kier alpha value is -1.66. The number of halogens is 5. The maximum absolute atomic E-state index is 13.6. The zero-order valence-corrected chi connectivity index (χ0v) is 16.2. The summed E-state index contributed by atoms with van der Waals surface area (Å²) in [5.41, 5.74) is -3.48. The average Bonchev–Trinajstić information content (AvgIpc) is 2.62. The van der Waals surface area contributed by atoms with Gasteiger partial charge in [-0.05, 0) is 43.7 Å². The first-order valence-electron chi connectivity index (χ1n) is 9.87. The second kappa shape index (κ2) is 9.70. The molecule has 7 heteroatoms. The van der Waals surface area contributed by atoms with Crippen LogP contribution in [0.4, 0.5) is 22.0 Å². The first-order chi connectivity index (χ1) is 13.2. The summed E-state index contributed by atoms with van der Waals surface area (Å²) in [5, 5.41) is 0. The molecule has 1 aliphatic rings. The first-order valence-corrected chi connectivity index (χ1v) is 9.87. The summed E-state index contributed by atoms with van der Waals surface area (Å²) >= 11 is 0. The molecule has 0 atom stereocenters. The van der Waals surface area contributed by atoms with Gasteiger partial charge in [0.25, 0.3) is 6.43 Å². The first kappa shape index (κ1) is 22.6. The van der Waals surface area contributed by atoms with Crippen molar-refractivity contribution in [1.82, 2.24) is 0 Å². The van der Waals surface area contributed by atoms with Crippen molar-refractivity contribution >= 4 is 5.78 Å². The van der Waals surface area contributed by atoms with Gasteiger partial charge in [-0.25, -0.2) is 8.78 Å². The van der Waals surface area contributed by atoms with Crippen molar-refractivity contribution in [2.24, 2.45) is 11.8 Å². The van der Waals surface area contributed by atoms with E-state index in [2.05, 4.69) is 6.92 Å². The molecular formula is C21H27F5O2. The zero-order chi connectivity index (χ0) is 20.9. The Labute approximate surface area is 162 Å². The molecule has 0 spiro atoms. The smallest absolute Gasteiger partial charge is 0.417 e. The molecule has 0 bridgehead atoms. The molecule has 2 rings (SSSR count). The van der Waals surface area contributed by atoms with Gasteiger partial charge in [0, 0.05) is 12.0 Å². The fraction of sp³-hybridized carbons (Fsp3) is 0.667. The van der Waals surface area contributed by atoms with Crippen LogP contribution >= 0.6 is 0 Å². The Kier molecular flexibility index (Phi) is 7.84. The molecule has 158 valence electrons. The minimum absolute atomic E-state index is 0.00302. The van der Waals surface area contributed by atoms with Crippen LogP contribution in [0.3, 0.4) is 0 Å². The standard InChI is InChI=1S/C21H27F5O2/c1-3-5-13-6-8-14(9-7-13)12-16(27)15-10-11-17(28-4-2)18(20(22)23)19(15)21(24,25)26/h10-11,13-14,20H,3-9,12H2,1-2H3. The van der Waals surface area contributed by atoms with Crippen molar-refractivity contribution in [2.45, 2.75) is 71.4 Å². The lowest BCUT2D eigenvalue weighted by atomic mass is 9.77. The topological polar surface area (TPSA) is 26.3 Å². The van der Waals surface area contributed by atoms with E-state index in [0.29, 0.717) is 5.92 Å². The molecular weight excluding hydrogens is 379 g/mol. The molecule has 1 aliphatic carbocycles. The number of hydrogen-bond donors (Lipinski definition) is 0. The van der Waals surface area contributed by atoms with Gasteiger partial charge in [-0.1, -0.05) is 32.6 Å². The van der Waals surface area contributed by atoms with Gasteiger partial charge in [-0.15, -0.1) is 0 Å². The molecule has 0 aromatic heterocycles. The Balaban J connectivity index is 2.29. The number of ether oxygens (including phenoxy) is 1. The number of rotatable bonds is 8. The summed E-state index contributed by atoms with van der Waals surface area (Å²) in [6.07, 6.45) is -2.79. The molecule has 0 heterocycles. The Morgan fingerprint density at radius 1 is 1.11 bits per heavy atom. The molecule has 1 aromatic rings. The largest absolute Gasteiger partial charge is 0.493 e. The van der Waals surface area contributed by atoms with Crippen LogP contribution in [-0.2, 0) is 6.18 Å². The Bertz CT molecular complexity index is 661. The third kappa shape index (κ3) is 5.45. The van der Waals surface area contributed by atoms with Gasteiger partial charge >= 0.3 is 6.18 Å². The summed E-state index contributed by atoms with van der Waals surface area (Å²) < 4.78 is 72.8. The van der Waals surface area contributed by atoms with Gasteiger partial charge in [-0.3, -0.25) is 4.79 Å². The lowest BCUT2D eigenvalue weighted by Gasteiger charge is -2.28. The summed E-state index contributed by atoms with van der Waals surface area (Å²) in [6.45, 7) is 3.56. The van der Waals surface area contributed by atoms with E-state index in [-0.39, 0.29) is 18.9 Å². The molecule has 0 aliphatic heterocycles. The number of Topliss-reactive ketones (excluding diaryl/α,β-unsaturated/α-hetero) is 1. The number of hydrogen-bond acceptors (Lipinski definition) is 2. The van der Waals surface area contributed by atoms with Gasteiger partial charge in [0.1, 0.15) is 5.75 Å². The third-order valence-corrected chi connectivity index (χ3v) is 5.44. The van der Waals surface area contributed by atoms with E-state index in [0.717, 1.165) is 50.7 Å². The lowest BCUT2D eigenvalue weighted by molar-refractivity contribution is -0.140. The second-order valence-electron chi connectivity index (χ2n) is 7.43. The summed E-state index contributed by atoms with van der Waals surface area (Å²) in [6, 6.07) is 2.02. The second-order valence-corrected chi connectivity index (χ2v) is 7.43. The van der Waals surface area contributed by atoms with Crippen molar-refractivity contribution in [1.29, 1.82) is 0 Å². The van der Waals surface area contributed by atoms with E-state index in [4.69, 9.17) is 4.74 Å². The van der Waals surface area contributed by atoms with Crippen LogP contribution in [0.5, 0.6) is 5.75 Å². The average molecular weight is 406 g/mol. The van der Waals surface area contributed by atoms with Crippen molar-refractivity contribution in [3.63, 3.8) is 0 Å². The fourth-order valence-electron chi connectivity index (χ4n) is 4.14. The molecule has 0 saturated heterocycles. The third-order valence-electron chi connectivity index (χ3n) is 5.44. The van der Waals surface area contributed by atoms with Gasteiger partial charge < -0.3 is 4.74 Å². The highest BCUT2D eigenvalue weighted by atomic mass is 19.4. The number of carbonyl (C=O) groups excluding carboxylic acids is 1. The van der Waals surface area contributed by atoms with Crippen LogP contribution in [0.2, 0.25) is 0 Å². The van der Waals surface area contributed by atoms with Crippen LogP contribution in [0.15, 0.2) is 12.1 Å². The highest BCUT2D eigenvalue weighted by molar-refractivity contribution is 5.98. The predicted octanol–water partition coefficient (Wildman–Crippen LogP) is 7.22. The van der Waals surface area contributed by atoms with E-state index in [1.807, 2.05) is 0 Å². The van der Waals surface area contributed by atoms with Crippen molar-refractivity contribution in [3.05, 3.63) is 28.8 Å². The van der Waals surface area contributed by atoms with E-state index >= 15 is 0 Å². The quantitative estimate of drug-likeness (QED) is 0.336. The fourth-order valence-corrected chi connectivity index (χ4v) is 4.14. The van der Waals surface area contributed by atoms with Crippen LogP contribution in [0, 0.1) is 11.8 Å². The zero-order valence-electron chi connectivity index (χ0n) is 16.2. The van der Waals surface area contributed by atoms with E-state index in [1.165, 1.54) is 6.92 Å². The molecule has 0 N–H and O–H groups in total. The summed E-state index contributed by atoms with van der Waals surface area (Å²) in [5.74, 6) is -0.640. The van der Waals surface area contributed by atoms with E-state index in [9.17, 15) is 26.7 Å². The Morgan fingerprint density at radius 3 is 2.21 bits per heavy atom. The Morgan fingerprint density at radius 2 is 1.71 bits per heavy atom. The van der Waals surface area contributed by atoms with Gasteiger partial charge in [0.15, 0.2) is 5.78 Å². The highest BCUT2D eigenvalue weighted by Gasteiger charge is 2.42. The van der Waals surface area contributed by atoms with Crippen LogP contribution < -0.4 is 4.74 Å². The molecule has 0 amide bonds.